The molecule has 0 rings (SSSR count). The third kappa shape index (κ3) is 8.12. The van der Waals surface area contributed by atoms with Gasteiger partial charge in [0.1, 0.15) is 0 Å². The molecule has 1 atom stereocenters. The summed E-state index contributed by atoms with van der Waals surface area (Å²) in [6, 6.07) is 2.20. The van der Waals surface area contributed by atoms with Crippen LogP contribution >= 0.6 is 0 Å². The molecule has 0 saturated heterocycles. The fourth-order valence-corrected chi connectivity index (χ4v) is 3.01. The van der Waals surface area contributed by atoms with E-state index in [0.717, 1.165) is 25.7 Å². The van der Waals surface area contributed by atoms with Crippen LogP contribution in [-0.4, -0.2) is 27.3 Å². The fourth-order valence-electron chi connectivity index (χ4n) is 3.01. The Morgan fingerprint density at radius 1 is 0.818 bits per heavy atom. The number of hydrogen-bond acceptors (Lipinski definition) is 4. The number of unbranched alkanes of at least 4 members (excludes halogenated alkanes) is 7. The number of methoxy groups -OCH3 is 3. The summed E-state index contributed by atoms with van der Waals surface area (Å²) in [4.78, 5) is 0. The van der Waals surface area contributed by atoms with Crippen LogP contribution in [0.4, 0.5) is 0 Å². The molecule has 0 saturated carbocycles. The van der Waals surface area contributed by atoms with Gasteiger partial charge in [-0.25, -0.2) is 0 Å². The quantitative estimate of drug-likeness (QED) is 0.314. The zero-order valence-corrected chi connectivity index (χ0v) is 15.0. The van der Waals surface area contributed by atoms with E-state index >= 15 is 0 Å². The maximum absolute atomic E-state index is 8.65. The summed E-state index contributed by atoms with van der Waals surface area (Å²) < 4.78 is 16.6. The molecule has 0 aliphatic carbocycles. The van der Waals surface area contributed by atoms with Crippen molar-refractivity contribution in [1.82, 2.24) is 0 Å². The lowest BCUT2D eigenvalue weighted by Gasteiger charge is -2.36. The number of rotatable bonds is 15. The molecule has 0 aliphatic rings. The van der Waals surface area contributed by atoms with Crippen LogP contribution in [0.25, 0.3) is 0 Å². The minimum Gasteiger partial charge on any atom is -0.331 e. The van der Waals surface area contributed by atoms with Crippen LogP contribution in [-0.2, 0) is 14.2 Å². The summed E-state index contributed by atoms with van der Waals surface area (Å²) in [5.41, 5.74) is 0. The highest BCUT2D eigenvalue weighted by Gasteiger charge is 2.39. The number of nitrogens with zero attached hydrogens (tertiary/aromatic N) is 1. The second kappa shape index (κ2) is 14.0. The first-order chi connectivity index (χ1) is 10.7. The van der Waals surface area contributed by atoms with Crippen LogP contribution in [0.15, 0.2) is 0 Å². The Morgan fingerprint density at radius 2 is 1.32 bits per heavy atom. The summed E-state index contributed by atoms with van der Waals surface area (Å²) in [6.07, 6.45) is 12.2. The van der Waals surface area contributed by atoms with Gasteiger partial charge in [-0.2, -0.15) is 5.26 Å². The van der Waals surface area contributed by atoms with Gasteiger partial charge in [-0.3, -0.25) is 0 Å². The molecule has 1 unspecified atom stereocenters. The Hall–Kier alpha value is -0.630. The van der Waals surface area contributed by atoms with Crippen LogP contribution in [0.1, 0.15) is 77.6 Å². The first kappa shape index (κ1) is 21.4. The summed E-state index contributed by atoms with van der Waals surface area (Å²) in [7, 11) is 4.91. The maximum Gasteiger partial charge on any atom is 0.285 e. The monoisotopic (exact) mass is 313 g/mol. The fraction of sp³-hybridized carbons (Fsp3) is 0.944. The average Bonchev–Trinajstić information content (AvgIpc) is 2.55. The van der Waals surface area contributed by atoms with Gasteiger partial charge in [-0.1, -0.05) is 51.9 Å². The largest absolute Gasteiger partial charge is 0.331 e. The second-order valence-electron chi connectivity index (χ2n) is 5.87. The molecule has 0 amide bonds. The molecule has 0 radical (unpaired) electrons. The van der Waals surface area contributed by atoms with E-state index in [1.807, 2.05) is 0 Å². The van der Waals surface area contributed by atoms with Gasteiger partial charge in [0, 0.05) is 33.7 Å². The van der Waals surface area contributed by atoms with E-state index in [2.05, 4.69) is 13.0 Å². The van der Waals surface area contributed by atoms with Crippen molar-refractivity contribution in [2.45, 2.75) is 83.5 Å². The molecule has 0 N–H and O–H groups in total. The Bertz CT molecular complexity index is 276. The predicted molar refractivity (Wildman–Crippen MR) is 89.3 cm³/mol. The molecule has 0 aliphatic heterocycles. The third-order valence-corrected chi connectivity index (χ3v) is 4.35. The van der Waals surface area contributed by atoms with Gasteiger partial charge in [-0.15, -0.1) is 0 Å². The lowest BCUT2D eigenvalue weighted by Crippen LogP contribution is -2.44. The van der Waals surface area contributed by atoms with E-state index in [0.29, 0.717) is 6.42 Å². The molecular formula is C18H35NO3. The molecule has 130 valence electrons. The Balaban J connectivity index is 4.35. The van der Waals surface area contributed by atoms with Crippen molar-refractivity contribution in [3.8, 4) is 6.07 Å². The molecule has 22 heavy (non-hydrogen) atoms. The van der Waals surface area contributed by atoms with Crippen molar-refractivity contribution in [1.29, 1.82) is 5.26 Å². The van der Waals surface area contributed by atoms with E-state index in [1.54, 1.807) is 21.3 Å². The van der Waals surface area contributed by atoms with Gasteiger partial charge >= 0.3 is 0 Å². The topological polar surface area (TPSA) is 51.5 Å². The van der Waals surface area contributed by atoms with E-state index < -0.39 is 5.97 Å². The van der Waals surface area contributed by atoms with Crippen molar-refractivity contribution >= 4 is 0 Å². The molecule has 0 heterocycles. The normalized spacial score (nSPS) is 13.0. The summed E-state index contributed by atoms with van der Waals surface area (Å²) in [5.74, 6) is -0.742. The first-order valence-corrected chi connectivity index (χ1v) is 8.73. The molecule has 0 fully saturated rings. The molecule has 0 aromatic carbocycles. The van der Waals surface area contributed by atoms with Crippen LogP contribution in [0.3, 0.4) is 0 Å². The predicted octanol–water partition coefficient (Wildman–Crippen LogP) is 5.03. The van der Waals surface area contributed by atoms with Crippen molar-refractivity contribution in [2.75, 3.05) is 21.3 Å². The highest BCUT2D eigenvalue weighted by Crippen LogP contribution is 2.32. The van der Waals surface area contributed by atoms with E-state index in [9.17, 15) is 0 Å². The van der Waals surface area contributed by atoms with Gasteiger partial charge in [0.2, 0.25) is 0 Å². The van der Waals surface area contributed by atoms with Gasteiger partial charge in [0.15, 0.2) is 0 Å². The maximum atomic E-state index is 8.65. The molecule has 4 heteroatoms. The van der Waals surface area contributed by atoms with Crippen LogP contribution in [0.2, 0.25) is 0 Å². The Morgan fingerprint density at radius 3 is 1.82 bits per heavy atom. The minimum atomic E-state index is -0.948. The van der Waals surface area contributed by atoms with Gasteiger partial charge in [-0.05, 0) is 19.3 Å². The zero-order chi connectivity index (χ0) is 16.7. The average molecular weight is 313 g/mol. The molecule has 0 bridgehead atoms. The molecular weight excluding hydrogens is 278 g/mol. The number of hydrogen-bond donors (Lipinski definition) is 0. The minimum absolute atomic E-state index is 0.206. The second-order valence-corrected chi connectivity index (χ2v) is 5.87. The highest BCUT2D eigenvalue weighted by molar-refractivity contribution is 4.74. The van der Waals surface area contributed by atoms with Gasteiger partial charge in [0.25, 0.3) is 5.97 Å². The van der Waals surface area contributed by atoms with Gasteiger partial charge < -0.3 is 14.2 Å². The first-order valence-electron chi connectivity index (χ1n) is 8.73. The van der Waals surface area contributed by atoms with Crippen molar-refractivity contribution in [2.24, 2.45) is 5.92 Å². The van der Waals surface area contributed by atoms with Crippen molar-refractivity contribution in [3.05, 3.63) is 0 Å². The Kier molecular flexibility index (Phi) is 13.6. The van der Waals surface area contributed by atoms with Gasteiger partial charge in [0.05, 0.1) is 6.07 Å². The van der Waals surface area contributed by atoms with Crippen molar-refractivity contribution < 1.29 is 14.2 Å². The van der Waals surface area contributed by atoms with Crippen LogP contribution in [0, 0.1) is 17.2 Å². The Labute approximate surface area is 137 Å². The van der Waals surface area contributed by atoms with Crippen molar-refractivity contribution in [3.63, 3.8) is 0 Å². The molecule has 0 spiro atoms. The smallest absolute Gasteiger partial charge is 0.285 e. The van der Waals surface area contributed by atoms with E-state index in [1.165, 1.54) is 38.5 Å². The SMILES string of the molecule is CCCCCCCCC(CCCCC#N)C(OC)(OC)OC. The summed E-state index contributed by atoms with van der Waals surface area (Å²) in [5, 5.41) is 8.65. The van der Waals surface area contributed by atoms with Crippen LogP contribution in [0.5, 0.6) is 0 Å². The number of nitriles is 1. The lowest BCUT2D eigenvalue weighted by atomic mass is 9.92. The molecule has 0 aromatic rings. The standard InChI is InChI=1S/C18H35NO3/c1-5-6-7-8-9-11-14-17(15-12-10-13-16-19)18(20-2,21-3)22-4/h17H,5-15H2,1-4H3. The highest BCUT2D eigenvalue weighted by atomic mass is 16.9. The number of ether oxygens (including phenoxy) is 3. The van der Waals surface area contributed by atoms with E-state index in [4.69, 9.17) is 19.5 Å². The summed E-state index contributed by atoms with van der Waals surface area (Å²) in [6.45, 7) is 2.24. The van der Waals surface area contributed by atoms with E-state index in [-0.39, 0.29) is 5.92 Å². The zero-order valence-electron chi connectivity index (χ0n) is 15.0. The molecule has 0 aromatic heterocycles. The lowest BCUT2D eigenvalue weighted by molar-refractivity contribution is -0.380. The third-order valence-electron chi connectivity index (χ3n) is 4.35. The van der Waals surface area contributed by atoms with Crippen LogP contribution < -0.4 is 0 Å². The molecule has 4 nitrogen and oxygen atoms in total. The summed E-state index contributed by atoms with van der Waals surface area (Å²) >= 11 is 0.